The average Bonchev–Trinajstić information content (AvgIpc) is 2.07. The van der Waals surface area contributed by atoms with Crippen molar-refractivity contribution in [2.45, 2.75) is 32.6 Å². The Labute approximate surface area is 68.6 Å². The Morgan fingerprint density at radius 2 is 1.64 bits per heavy atom. The summed E-state index contributed by atoms with van der Waals surface area (Å²) in [6.07, 6.45) is 4.49. The molecular formula is C8H19NO2. The minimum Gasteiger partial charge on any atom is -0.396 e. The van der Waals surface area contributed by atoms with Gasteiger partial charge < -0.3 is 10.3 Å². The number of hydroxylamine groups is 2. The summed E-state index contributed by atoms with van der Waals surface area (Å²) in [4.78, 5) is 0. The van der Waals surface area contributed by atoms with E-state index in [0.29, 0.717) is 6.61 Å². The van der Waals surface area contributed by atoms with Crippen LogP contribution < -0.4 is 0 Å². The maximum atomic E-state index is 8.74. The zero-order valence-corrected chi connectivity index (χ0v) is 7.29. The van der Waals surface area contributed by atoms with Crippen molar-refractivity contribution in [3.63, 3.8) is 0 Å². The van der Waals surface area contributed by atoms with E-state index in [9.17, 15) is 0 Å². The molecule has 3 heteroatoms. The zero-order valence-electron chi connectivity index (χ0n) is 7.29. The largest absolute Gasteiger partial charge is 0.396 e. The molecule has 0 aromatic carbocycles. The van der Waals surface area contributed by atoms with Crippen molar-refractivity contribution in [3.05, 3.63) is 0 Å². The molecule has 0 aromatic heterocycles. The van der Waals surface area contributed by atoms with Crippen molar-refractivity contribution in [1.29, 1.82) is 0 Å². The molecule has 3 nitrogen and oxygen atoms in total. The first kappa shape index (κ1) is 10.9. The molecule has 1 fully saturated rings. The third-order valence-electron chi connectivity index (χ3n) is 1.56. The van der Waals surface area contributed by atoms with Gasteiger partial charge in [-0.05, 0) is 19.3 Å². The van der Waals surface area contributed by atoms with Crippen molar-refractivity contribution >= 4 is 0 Å². The highest BCUT2D eigenvalue weighted by Crippen LogP contribution is 2.04. The second-order valence-electron chi connectivity index (χ2n) is 2.74. The molecule has 0 radical (unpaired) electrons. The highest BCUT2D eigenvalue weighted by Gasteiger charge is 2.04. The van der Waals surface area contributed by atoms with Gasteiger partial charge in [0.25, 0.3) is 0 Å². The van der Waals surface area contributed by atoms with E-state index < -0.39 is 0 Å². The first-order valence-electron chi connectivity index (χ1n) is 4.36. The molecule has 0 atom stereocenters. The molecule has 0 unspecified atom stereocenters. The predicted molar refractivity (Wildman–Crippen MR) is 44.6 cm³/mol. The van der Waals surface area contributed by atoms with Crippen LogP contribution in [0.5, 0.6) is 0 Å². The van der Waals surface area contributed by atoms with Crippen molar-refractivity contribution in [3.8, 4) is 0 Å². The Morgan fingerprint density at radius 1 is 1.18 bits per heavy atom. The fourth-order valence-corrected chi connectivity index (χ4v) is 0.877. The maximum Gasteiger partial charge on any atom is 0.0428 e. The van der Waals surface area contributed by atoms with E-state index in [1.54, 1.807) is 0 Å². The fourth-order valence-electron chi connectivity index (χ4n) is 0.877. The van der Waals surface area contributed by atoms with E-state index in [-0.39, 0.29) is 0 Å². The van der Waals surface area contributed by atoms with Gasteiger partial charge in [0.05, 0.1) is 0 Å². The van der Waals surface area contributed by atoms with Crippen LogP contribution in [0.3, 0.4) is 0 Å². The molecule has 1 saturated heterocycles. The summed E-state index contributed by atoms with van der Waals surface area (Å²) < 4.78 is 0. The number of hydrogen-bond acceptors (Lipinski definition) is 3. The van der Waals surface area contributed by atoms with Crippen LogP contribution in [0.2, 0.25) is 0 Å². The lowest BCUT2D eigenvalue weighted by molar-refractivity contribution is -0.103. The smallest absolute Gasteiger partial charge is 0.0428 e. The zero-order chi connectivity index (χ0) is 8.53. The van der Waals surface area contributed by atoms with Gasteiger partial charge >= 0.3 is 0 Å². The number of nitrogens with zero attached hydrogens (tertiary/aromatic N) is 1. The Bertz CT molecular complexity index is 70.5. The van der Waals surface area contributed by atoms with E-state index in [0.717, 1.165) is 32.4 Å². The van der Waals surface area contributed by atoms with E-state index >= 15 is 0 Å². The molecule has 68 valence electrons. The SMILES string of the molecule is CCCO.ON1CCCCC1. The van der Waals surface area contributed by atoms with Gasteiger partial charge in [0.1, 0.15) is 0 Å². The van der Waals surface area contributed by atoms with Crippen LogP contribution in [0.4, 0.5) is 0 Å². The van der Waals surface area contributed by atoms with Crippen molar-refractivity contribution < 1.29 is 10.3 Å². The summed E-state index contributed by atoms with van der Waals surface area (Å²) in [6.45, 7) is 4.00. The number of aliphatic hydroxyl groups is 1. The Hall–Kier alpha value is -0.120. The van der Waals surface area contributed by atoms with E-state index in [4.69, 9.17) is 10.3 Å². The second-order valence-corrected chi connectivity index (χ2v) is 2.74. The summed E-state index contributed by atoms with van der Waals surface area (Å²) in [5, 5.41) is 18.0. The quantitative estimate of drug-likeness (QED) is 0.608. The van der Waals surface area contributed by atoms with E-state index in [1.165, 1.54) is 11.5 Å². The molecule has 1 aliphatic rings. The van der Waals surface area contributed by atoms with Gasteiger partial charge in [0, 0.05) is 19.7 Å². The molecule has 0 aromatic rings. The second kappa shape index (κ2) is 7.98. The molecule has 0 bridgehead atoms. The van der Waals surface area contributed by atoms with Gasteiger partial charge in [0.2, 0.25) is 0 Å². The lowest BCUT2D eigenvalue weighted by atomic mass is 10.2. The van der Waals surface area contributed by atoms with Crippen LogP contribution in [0.15, 0.2) is 0 Å². The van der Waals surface area contributed by atoms with Crippen LogP contribution in [-0.4, -0.2) is 35.1 Å². The van der Waals surface area contributed by atoms with Gasteiger partial charge in [-0.25, -0.2) is 0 Å². The van der Waals surface area contributed by atoms with Gasteiger partial charge in [-0.1, -0.05) is 13.3 Å². The summed E-state index contributed by atoms with van der Waals surface area (Å²) in [5.41, 5.74) is 0. The summed E-state index contributed by atoms with van der Waals surface area (Å²) in [6, 6.07) is 0. The Balaban J connectivity index is 0.000000218. The summed E-state index contributed by atoms with van der Waals surface area (Å²) in [7, 11) is 0. The first-order chi connectivity index (χ1) is 5.31. The molecule has 1 heterocycles. The van der Waals surface area contributed by atoms with Gasteiger partial charge in [-0.15, -0.1) is 0 Å². The Kier molecular flexibility index (Phi) is 7.89. The third-order valence-corrected chi connectivity index (χ3v) is 1.56. The fraction of sp³-hybridized carbons (Fsp3) is 1.00. The number of rotatable bonds is 1. The lowest BCUT2D eigenvalue weighted by Gasteiger charge is -2.18. The van der Waals surface area contributed by atoms with E-state index in [1.807, 2.05) is 6.92 Å². The third kappa shape index (κ3) is 7.78. The van der Waals surface area contributed by atoms with Crippen LogP contribution >= 0.6 is 0 Å². The van der Waals surface area contributed by atoms with Crippen LogP contribution in [0, 0.1) is 0 Å². The lowest BCUT2D eigenvalue weighted by Crippen LogP contribution is -2.25. The minimum absolute atomic E-state index is 0.319. The molecule has 11 heavy (non-hydrogen) atoms. The average molecular weight is 161 g/mol. The van der Waals surface area contributed by atoms with E-state index in [2.05, 4.69) is 0 Å². The van der Waals surface area contributed by atoms with Crippen LogP contribution in [-0.2, 0) is 0 Å². The molecular weight excluding hydrogens is 142 g/mol. The van der Waals surface area contributed by atoms with Crippen molar-refractivity contribution in [1.82, 2.24) is 5.06 Å². The number of piperidine rings is 1. The molecule has 0 saturated carbocycles. The minimum atomic E-state index is 0.319. The summed E-state index contributed by atoms with van der Waals surface area (Å²) >= 11 is 0. The molecule has 0 spiro atoms. The van der Waals surface area contributed by atoms with Crippen molar-refractivity contribution in [2.24, 2.45) is 0 Å². The molecule has 1 aliphatic heterocycles. The molecule has 1 rings (SSSR count). The van der Waals surface area contributed by atoms with Gasteiger partial charge in [0.15, 0.2) is 0 Å². The van der Waals surface area contributed by atoms with Crippen LogP contribution in [0.25, 0.3) is 0 Å². The first-order valence-corrected chi connectivity index (χ1v) is 4.36. The molecule has 0 amide bonds. The number of aliphatic hydroxyl groups excluding tert-OH is 1. The van der Waals surface area contributed by atoms with Gasteiger partial charge in [-0.2, -0.15) is 5.06 Å². The highest BCUT2D eigenvalue weighted by atomic mass is 16.5. The molecule has 0 aliphatic carbocycles. The normalized spacial score (nSPS) is 18.8. The predicted octanol–water partition coefficient (Wildman–Crippen LogP) is 1.25. The monoisotopic (exact) mass is 161 g/mol. The van der Waals surface area contributed by atoms with Crippen LogP contribution in [0.1, 0.15) is 32.6 Å². The Morgan fingerprint density at radius 3 is 1.82 bits per heavy atom. The van der Waals surface area contributed by atoms with Gasteiger partial charge in [-0.3, -0.25) is 0 Å². The highest BCUT2D eigenvalue weighted by molar-refractivity contribution is 4.54. The summed E-state index contributed by atoms with van der Waals surface area (Å²) in [5.74, 6) is 0. The standard InChI is InChI=1S/C5H11NO.C3H8O/c7-6-4-2-1-3-5-6;1-2-3-4/h7H,1-5H2;4H,2-3H2,1H3. The topological polar surface area (TPSA) is 43.7 Å². The number of hydrogen-bond donors (Lipinski definition) is 2. The van der Waals surface area contributed by atoms with Crippen molar-refractivity contribution in [2.75, 3.05) is 19.7 Å². The molecule has 2 N–H and O–H groups in total. The maximum absolute atomic E-state index is 8.74.